The summed E-state index contributed by atoms with van der Waals surface area (Å²) in [6, 6.07) is 19.2. The van der Waals surface area contributed by atoms with Crippen molar-refractivity contribution >= 4 is 21.6 Å². The van der Waals surface area contributed by atoms with E-state index in [2.05, 4.69) is 73.7 Å². The molecule has 94 valence electrons. The Kier molecular flexibility index (Phi) is 3.56. The SMILES string of the molecule is Cc1ccccc1C1=CCC=C(c2ccccc2)S1. The molecule has 0 fully saturated rings. The van der Waals surface area contributed by atoms with E-state index in [0.717, 1.165) is 6.42 Å². The van der Waals surface area contributed by atoms with Crippen LogP contribution in [0.2, 0.25) is 0 Å². The van der Waals surface area contributed by atoms with Gasteiger partial charge in [0, 0.05) is 9.81 Å². The Bertz CT molecular complexity index is 636. The molecule has 0 aliphatic carbocycles. The van der Waals surface area contributed by atoms with Gasteiger partial charge in [-0.05, 0) is 30.0 Å². The Hall–Kier alpha value is -1.73. The highest BCUT2D eigenvalue weighted by Gasteiger charge is 2.12. The summed E-state index contributed by atoms with van der Waals surface area (Å²) in [5, 5.41) is 0. The first-order valence-electron chi connectivity index (χ1n) is 6.54. The Balaban J connectivity index is 1.89. The standard InChI is InChI=1S/C18H16S/c1-14-8-5-6-11-16(14)18-13-7-12-17(19-18)15-9-3-2-4-10-15/h2-6,8-13H,7H2,1H3. The van der Waals surface area contributed by atoms with Crippen LogP contribution in [0.4, 0.5) is 0 Å². The van der Waals surface area contributed by atoms with E-state index in [1.54, 1.807) is 0 Å². The second-order valence-corrected chi connectivity index (χ2v) is 5.74. The Labute approximate surface area is 118 Å². The van der Waals surface area contributed by atoms with Crippen LogP contribution in [0.5, 0.6) is 0 Å². The molecule has 0 nitrogen and oxygen atoms in total. The van der Waals surface area contributed by atoms with Crippen molar-refractivity contribution in [2.45, 2.75) is 13.3 Å². The molecule has 0 saturated heterocycles. The fourth-order valence-corrected chi connectivity index (χ4v) is 3.46. The summed E-state index contributed by atoms with van der Waals surface area (Å²) in [5.74, 6) is 0. The smallest absolute Gasteiger partial charge is 0.0160 e. The third-order valence-electron chi connectivity index (χ3n) is 3.30. The fraction of sp³-hybridized carbons (Fsp3) is 0.111. The number of aryl methyl sites for hydroxylation is 1. The van der Waals surface area contributed by atoms with Gasteiger partial charge in [-0.2, -0.15) is 0 Å². The minimum atomic E-state index is 1.01. The summed E-state index contributed by atoms with van der Waals surface area (Å²) in [6.45, 7) is 2.18. The van der Waals surface area contributed by atoms with Crippen molar-refractivity contribution in [2.24, 2.45) is 0 Å². The lowest BCUT2D eigenvalue weighted by molar-refractivity contribution is 1.38. The van der Waals surface area contributed by atoms with Gasteiger partial charge in [-0.3, -0.25) is 0 Å². The topological polar surface area (TPSA) is 0 Å². The van der Waals surface area contributed by atoms with Crippen molar-refractivity contribution in [3.63, 3.8) is 0 Å². The monoisotopic (exact) mass is 264 g/mol. The predicted molar refractivity (Wildman–Crippen MR) is 85.8 cm³/mol. The summed E-state index contributed by atoms with van der Waals surface area (Å²) in [5.41, 5.74) is 4.01. The zero-order valence-electron chi connectivity index (χ0n) is 11.0. The van der Waals surface area contributed by atoms with Gasteiger partial charge in [0.25, 0.3) is 0 Å². The number of hydrogen-bond donors (Lipinski definition) is 0. The maximum Gasteiger partial charge on any atom is 0.0160 e. The van der Waals surface area contributed by atoms with Crippen molar-refractivity contribution in [3.05, 3.63) is 83.4 Å². The lowest BCUT2D eigenvalue weighted by Gasteiger charge is -2.16. The highest BCUT2D eigenvalue weighted by Crippen LogP contribution is 2.43. The van der Waals surface area contributed by atoms with Crippen LogP contribution in [0.25, 0.3) is 9.81 Å². The largest absolute Gasteiger partial charge is 0.0895 e. The van der Waals surface area contributed by atoms with Gasteiger partial charge >= 0.3 is 0 Å². The van der Waals surface area contributed by atoms with Crippen LogP contribution in [0, 0.1) is 6.92 Å². The van der Waals surface area contributed by atoms with Crippen LogP contribution in [-0.4, -0.2) is 0 Å². The number of hydrogen-bond acceptors (Lipinski definition) is 1. The molecule has 0 saturated carbocycles. The molecule has 2 aromatic carbocycles. The first-order chi connectivity index (χ1) is 9.34. The van der Waals surface area contributed by atoms with Gasteiger partial charge in [-0.25, -0.2) is 0 Å². The molecule has 1 heteroatoms. The first-order valence-corrected chi connectivity index (χ1v) is 7.36. The molecule has 0 bridgehead atoms. The number of allylic oxidation sites excluding steroid dienone is 2. The van der Waals surface area contributed by atoms with E-state index in [0.29, 0.717) is 0 Å². The highest BCUT2D eigenvalue weighted by molar-refractivity contribution is 8.16. The first kappa shape index (κ1) is 12.3. The Morgan fingerprint density at radius 1 is 0.789 bits per heavy atom. The molecule has 0 radical (unpaired) electrons. The molecule has 19 heavy (non-hydrogen) atoms. The zero-order chi connectivity index (χ0) is 13.1. The van der Waals surface area contributed by atoms with Gasteiger partial charge in [0.05, 0.1) is 0 Å². The quantitative estimate of drug-likeness (QED) is 0.688. The van der Waals surface area contributed by atoms with E-state index < -0.39 is 0 Å². The molecule has 0 aromatic heterocycles. The van der Waals surface area contributed by atoms with E-state index in [1.807, 2.05) is 11.8 Å². The van der Waals surface area contributed by atoms with Crippen LogP contribution < -0.4 is 0 Å². The molecule has 1 aliphatic heterocycles. The van der Waals surface area contributed by atoms with Gasteiger partial charge in [-0.1, -0.05) is 78.5 Å². The van der Waals surface area contributed by atoms with E-state index >= 15 is 0 Å². The third kappa shape index (κ3) is 2.66. The average Bonchev–Trinajstić information content (AvgIpc) is 2.49. The van der Waals surface area contributed by atoms with Crippen LogP contribution in [-0.2, 0) is 0 Å². The molecule has 3 rings (SSSR count). The molecule has 0 N–H and O–H groups in total. The van der Waals surface area contributed by atoms with Crippen LogP contribution in [0.15, 0.2) is 66.7 Å². The molecule has 0 spiro atoms. The summed E-state index contributed by atoms with van der Waals surface area (Å²) in [6.07, 6.45) is 5.64. The van der Waals surface area contributed by atoms with Crippen molar-refractivity contribution in [3.8, 4) is 0 Å². The minimum Gasteiger partial charge on any atom is -0.0895 e. The molecule has 1 aliphatic rings. The molecular formula is C18H16S. The maximum atomic E-state index is 2.32. The van der Waals surface area contributed by atoms with E-state index in [-0.39, 0.29) is 0 Å². The van der Waals surface area contributed by atoms with Crippen molar-refractivity contribution < 1.29 is 0 Å². The second-order valence-electron chi connectivity index (χ2n) is 4.66. The van der Waals surface area contributed by atoms with Gasteiger partial charge < -0.3 is 0 Å². The third-order valence-corrected chi connectivity index (χ3v) is 4.52. The van der Waals surface area contributed by atoms with E-state index in [4.69, 9.17) is 0 Å². The zero-order valence-corrected chi connectivity index (χ0v) is 11.8. The lowest BCUT2D eigenvalue weighted by Crippen LogP contribution is -1.90. The van der Waals surface area contributed by atoms with Gasteiger partial charge in [-0.15, -0.1) is 0 Å². The van der Waals surface area contributed by atoms with Crippen LogP contribution >= 0.6 is 11.8 Å². The fourth-order valence-electron chi connectivity index (χ4n) is 2.27. The number of benzene rings is 2. The molecule has 0 atom stereocenters. The van der Waals surface area contributed by atoms with Gasteiger partial charge in [0.15, 0.2) is 0 Å². The van der Waals surface area contributed by atoms with Crippen LogP contribution in [0.1, 0.15) is 23.1 Å². The van der Waals surface area contributed by atoms with Gasteiger partial charge in [0.2, 0.25) is 0 Å². The minimum absolute atomic E-state index is 1.01. The molecule has 2 aromatic rings. The summed E-state index contributed by atoms with van der Waals surface area (Å²) >= 11 is 1.87. The van der Waals surface area contributed by atoms with Crippen molar-refractivity contribution in [2.75, 3.05) is 0 Å². The van der Waals surface area contributed by atoms with Crippen molar-refractivity contribution in [1.29, 1.82) is 0 Å². The lowest BCUT2D eigenvalue weighted by atomic mass is 10.1. The Morgan fingerprint density at radius 3 is 2.26 bits per heavy atom. The predicted octanol–water partition coefficient (Wildman–Crippen LogP) is 5.51. The normalized spacial score (nSPS) is 14.8. The van der Waals surface area contributed by atoms with Crippen LogP contribution in [0.3, 0.4) is 0 Å². The van der Waals surface area contributed by atoms with Gasteiger partial charge in [0.1, 0.15) is 0 Å². The number of rotatable bonds is 2. The molecular weight excluding hydrogens is 248 g/mol. The Morgan fingerprint density at radius 2 is 1.47 bits per heavy atom. The van der Waals surface area contributed by atoms with Crippen molar-refractivity contribution in [1.82, 2.24) is 0 Å². The highest BCUT2D eigenvalue weighted by atomic mass is 32.2. The molecule has 0 unspecified atom stereocenters. The second kappa shape index (κ2) is 5.50. The average molecular weight is 264 g/mol. The summed E-state index contributed by atoms with van der Waals surface area (Å²) in [4.78, 5) is 2.74. The van der Waals surface area contributed by atoms with E-state index in [1.165, 1.54) is 26.5 Å². The summed E-state index contributed by atoms with van der Waals surface area (Å²) < 4.78 is 0. The van der Waals surface area contributed by atoms with E-state index in [9.17, 15) is 0 Å². The summed E-state index contributed by atoms with van der Waals surface area (Å²) in [7, 11) is 0. The number of thioether (sulfide) groups is 1. The molecule has 1 heterocycles. The molecule has 0 amide bonds. The maximum absolute atomic E-state index is 2.32.